The molecule has 6 nitrogen and oxygen atoms in total. The quantitative estimate of drug-likeness (QED) is 0.804. The Morgan fingerprint density at radius 1 is 1.11 bits per heavy atom. The lowest BCUT2D eigenvalue weighted by Gasteiger charge is -2.35. The number of rotatable bonds is 6. The molecule has 2 aliphatic rings. The van der Waals surface area contributed by atoms with Crippen LogP contribution in [-0.2, 0) is 16.1 Å². The summed E-state index contributed by atoms with van der Waals surface area (Å²) in [4.78, 5) is 26.5. The van der Waals surface area contributed by atoms with Crippen LogP contribution in [0.5, 0.6) is 0 Å². The maximum Gasteiger partial charge on any atom is 0.321 e. The first-order valence-corrected chi connectivity index (χ1v) is 10.1. The summed E-state index contributed by atoms with van der Waals surface area (Å²) in [7, 11) is 0. The van der Waals surface area contributed by atoms with Gasteiger partial charge < -0.3 is 10.1 Å². The van der Waals surface area contributed by atoms with Gasteiger partial charge in [0.15, 0.2) is 0 Å². The summed E-state index contributed by atoms with van der Waals surface area (Å²) in [5.74, 6) is -0.228. The Balaban J connectivity index is 1.36. The Kier molecular flexibility index (Phi) is 7.24. The fraction of sp³-hybridized carbons (Fsp3) is 0.619. The minimum atomic E-state index is -0.361. The molecule has 0 aromatic heterocycles. The number of carbonyl (C=O) groups is 2. The van der Waals surface area contributed by atoms with Crippen LogP contribution in [0.2, 0.25) is 0 Å². The summed E-state index contributed by atoms with van der Waals surface area (Å²) in [5.41, 5.74) is 1.18. The summed E-state index contributed by atoms with van der Waals surface area (Å²) in [6, 6.07) is 9.72. The first-order valence-electron chi connectivity index (χ1n) is 10.1. The van der Waals surface area contributed by atoms with Gasteiger partial charge in [-0.2, -0.15) is 0 Å². The van der Waals surface area contributed by atoms with Gasteiger partial charge in [-0.1, -0.05) is 43.2 Å². The molecule has 3 rings (SSSR count). The number of benzene rings is 1. The number of imide groups is 1. The van der Waals surface area contributed by atoms with E-state index in [-0.39, 0.29) is 30.1 Å². The summed E-state index contributed by atoms with van der Waals surface area (Å²) in [6.07, 6.45) is 6.34. The highest BCUT2D eigenvalue weighted by atomic mass is 16.5. The van der Waals surface area contributed by atoms with Gasteiger partial charge >= 0.3 is 6.03 Å². The van der Waals surface area contributed by atoms with Crippen LogP contribution in [0.25, 0.3) is 0 Å². The summed E-state index contributed by atoms with van der Waals surface area (Å²) < 4.78 is 6.01. The van der Waals surface area contributed by atoms with E-state index < -0.39 is 0 Å². The molecule has 1 saturated heterocycles. The number of piperidine rings is 1. The van der Waals surface area contributed by atoms with Crippen LogP contribution in [0.1, 0.15) is 51.0 Å². The first-order chi connectivity index (χ1) is 13.1. The van der Waals surface area contributed by atoms with Gasteiger partial charge in [0.05, 0.1) is 18.8 Å². The average molecular weight is 373 g/mol. The van der Waals surface area contributed by atoms with Crippen molar-refractivity contribution in [1.29, 1.82) is 0 Å². The number of hydrogen-bond acceptors (Lipinski definition) is 4. The fourth-order valence-electron chi connectivity index (χ4n) is 3.89. The number of nitrogens with zero attached hydrogens (tertiary/aromatic N) is 1. The zero-order valence-corrected chi connectivity index (χ0v) is 16.2. The van der Waals surface area contributed by atoms with Crippen molar-refractivity contribution in [2.45, 2.75) is 70.2 Å². The monoisotopic (exact) mass is 373 g/mol. The molecule has 1 aliphatic carbocycles. The van der Waals surface area contributed by atoms with E-state index >= 15 is 0 Å². The first kappa shape index (κ1) is 19.8. The molecule has 2 fully saturated rings. The third-order valence-corrected chi connectivity index (χ3v) is 5.66. The molecule has 0 bridgehead atoms. The van der Waals surface area contributed by atoms with Crippen LogP contribution < -0.4 is 10.6 Å². The minimum Gasteiger partial charge on any atom is -0.373 e. The number of amides is 3. The molecule has 1 aliphatic heterocycles. The summed E-state index contributed by atoms with van der Waals surface area (Å²) in [5, 5.41) is 5.40. The lowest BCUT2D eigenvalue weighted by atomic mass is 10.1. The zero-order chi connectivity index (χ0) is 19.1. The Labute approximate surface area is 161 Å². The molecular formula is C21H31N3O3. The molecule has 1 saturated carbocycles. The molecule has 1 heterocycles. The highest BCUT2D eigenvalue weighted by Crippen LogP contribution is 2.18. The molecule has 1 aromatic rings. The fourth-order valence-corrected chi connectivity index (χ4v) is 3.89. The summed E-state index contributed by atoms with van der Waals surface area (Å²) in [6.45, 7) is 4.10. The van der Waals surface area contributed by atoms with Crippen molar-refractivity contribution >= 4 is 11.9 Å². The number of carbonyl (C=O) groups excluding carboxylic acids is 2. The van der Waals surface area contributed by atoms with E-state index in [9.17, 15) is 9.59 Å². The predicted molar refractivity (Wildman–Crippen MR) is 104 cm³/mol. The van der Waals surface area contributed by atoms with Crippen LogP contribution in [0.3, 0.4) is 0 Å². The Morgan fingerprint density at radius 3 is 2.44 bits per heavy atom. The van der Waals surface area contributed by atoms with Gasteiger partial charge in [-0.3, -0.25) is 15.0 Å². The minimum absolute atomic E-state index is 0.214. The van der Waals surface area contributed by atoms with Gasteiger partial charge in [0.25, 0.3) is 0 Å². The van der Waals surface area contributed by atoms with Crippen LogP contribution in [0, 0.1) is 0 Å². The van der Waals surface area contributed by atoms with Crippen molar-refractivity contribution in [3.05, 3.63) is 35.9 Å². The highest BCUT2D eigenvalue weighted by molar-refractivity contribution is 5.96. The predicted octanol–water partition coefficient (Wildman–Crippen LogP) is 2.82. The molecule has 0 radical (unpaired) electrons. The second-order valence-corrected chi connectivity index (χ2v) is 7.65. The molecule has 0 unspecified atom stereocenters. The molecule has 0 spiro atoms. The standard InChI is InChI=1S/C21H31N3O3/c1-16(20(25)23-21(26)22-18-9-5-6-10-18)24-13-11-19(12-14-24)27-15-17-7-3-2-4-8-17/h2-4,7-8,16,18-19H,5-6,9-15H2,1H3,(H2,22,23,25,26)/t16-/m0/s1. The second-order valence-electron chi connectivity index (χ2n) is 7.65. The van der Waals surface area contributed by atoms with Crippen molar-refractivity contribution in [1.82, 2.24) is 15.5 Å². The number of ether oxygens (including phenoxy) is 1. The number of nitrogens with one attached hydrogen (secondary N) is 2. The van der Waals surface area contributed by atoms with Crippen molar-refractivity contribution in [3.63, 3.8) is 0 Å². The number of urea groups is 1. The molecule has 148 valence electrons. The normalized spacial score (nSPS) is 20.3. The van der Waals surface area contributed by atoms with E-state index in [0.29, 0.717) is 6.61 Å². The third kappa shape index (κ3) is 6.04. The Hall–Kier alpha value is -1.92. The van der Waals surface area contributed by atoms with E-state index in [2.05, 4.69) is 27.7 Å². The Morgan fingerprint density at radius 2 is 1.78 bits per heavy atom. The highest BCUT2D eigenvalue weighted by Gasteiger charge is 2.28. The molecule has 1 atom stereocenters. The van der Waals surface area contributed by atoms with Gasteiger partial charge in [0.2, 0.25) is 5.91 Å². The van der Waals surface area contributed by atoms with Gasteiger partial charge in [-0.25, -0.2) is 4.79 Å². The SMILES string of the molecule is C[C@@H](C(=O)NC(=O)NC1CCCC1)N1CCC(OCc2ccccc2)CC1. The number of hydrogen-bond donors (Lipinski definition) is 2. The van der Waals surface area contributed by atoms with Crippen LogP contribution in [0.15, 0.2) is 30.3 Å². The van der Waals surface area contributed by atoms with E-state index in [4.69, 9.17) is 4.74 Å². The lowest BCUT2D eigenvalue weighted by Crippen LogP contribution is -2.53. The average Bonchev–Trinajstić information content (AvgIpc) is 3.20. The lowest BCUT2D eigenvalue weighted by molar-refractivity contribution is -0.126. The van der Waals surface area contributed by atoms with Crippen LogP contribution in [0.4, 0.5) is 4.79 Å². The Bertz CT molecular complexity index is 608. The van der Waals surface area contributed by atoms with Crippen LogP contribution >= 0.6 is 0 Å². The zero-order valence-electron chi connectivity index (χ0n) is 16.2. The molecular weight excluding hydrogens is 342 g/mol. The maximum atomic E-state index is 12.4. The van der Waals surface area contributed by atoms with Gasteiger partial charge in [0, 0.05) is 19.1 Å². The van der Waals surface area contributed by atoms with Crippen molar-refractivity contribution in [3.8, 4) is 0 Å². The van der Waals surface area contributed by atoms with E-state index in [1.807, 2.05) is 25.1 Å². The van der Waals surface area contributed by atoms with E-state index in [1.165, 1.54) is 5.56 Å². The third-order valence-electron chi connectivity index (χ3n) is 5.66. The topological polar surface area (TPSA) is 70.7 Å². The van der Waals surface area contributed by atoms with Crippen molar-refractivity contribution < 1.29 is 14.3 Å². The van der Waals surface area contributed by atoms with Gasteiger partial charge in [0.1, 0.15) is 0 Å². The largest absolute Gasteiger partial charge is 0.373 e. The van der Waals surface area contributed by atoms with Crippen molar-refractivity contribution in [2.75, 3.05) is 13.1 Å². The van der Waals surface area contributed by atoms with E-state index in [1.54, 1.807) is 0 Å². The smallest absolute Gasteiger partial charge is 0.321 e. The molecule has 1 aromatic carbocycles. The van der Waals surface area contributed by atoms with Crippen molar-refractivity contribution in [2.24, 2.45) is 0 Å². The molecule has 3 amide bonds. The molecule has 6 heteroatoms. The molecule has 27 heavy (non-hydrogen) atoms. The number of likely N-dealkylation sites (tertiary alicyclic amines) is 1. The summed E-state index contributed by atoms with van der Waals surface area (Å²) >= 11 is 0. The molecule has 2 N–H and O–H groups in total. The maximum absolute atomic E-state index is 12.4. The van der Waals surface area contributed by atoms with Gasteiger partial charge in [-0.15, -0.1) is 0 Å². The van der Waals surface area contributed by atoms with Gasteiger partial charge in [-0.05, 0) is 38.2 Å². The van der Waals surface area contributed by atoms with Crippen LogP contribution in [-0.4, -0.2) is 48.1 Å². The second kappa shape index (κ2) is 9.85. The van der Waals surface area contributed by atoms with E-state index in [0.717, 1.165) is 51.6 Å².